The predicted octanol–water partition coefficient (Wildman–Crippen LogP) is 2.18. The third-order valence-electron chi connectivity index (χ3n) is 3.90. The molecule has 0 saturated carbocycles. The number of nitrogens with one attached hydrogen (secondary N) is 1. The number of hydrogen-bond donors (Lipinski definition) is 2. The van der Waals surface area contributed by atoms with Gasteiger partial charge in [0.05, 0.1) is 0 Å². The lowest BCUT2D eigenvalue weighted by Gasteiger charge is -2.33. The van der Waals surface area contributed by atoms with E-state index in [1.807, 2.05) is 6.20 Å². The summed E-state index contributed by atoms with van der Waals surface area (Å²) in [6.07, 6.45) is 5.31. The van der Waals surface area contributed by atoms with Crippen molar-refractivity contribution in [2.24, 2.45) is 5.92 Å². The maximum absolute atomic E-state index is 9.07. The standard InChI is InChI=1S/C16H27N3O/c1-13(2)17-10-15-5-6-16(18-11-15)19-8-3-4-14(12-19)7-9-20/h5-6,11,13-14,17,20H,3-4,7-10,12H2,1-2H3. The zero-order valence-electron chi connectivity index (χ0n) is 12.7. The second-order valence-corrected chi connectivity index (χ2v) is 6.03. The van der Waals surface area contributed by atoms with Crippen LogP contribution in [0.2, 0.25) is 0 Å². The van der Waals surface area contributed by atoms with Gasteiger partial charge in [0.2, 0.25) is 0 Å². The van der Waals surface area contributed by atoms with Crippen LogP contribution in [0.3, 0.4) is 0 Å². The molecule has 0 aliphatic carbocycles. The summed E-state index contributed by atoms with van der Waals surface area (Å²) in [5, 5.41) is 12.5. The second-order valence-electron chi connectivity index (χ2n) is 6.03. The molecular formula is C16H27N3O. The van der Waals surface area contributed by atoms with Crippen molar-refractivity contribution in [2.75, 3.05) is 24.6 Å². The van der Waals surface area contributed by atoms with Gasteiger partial charge in [0, 0.05) is 38.5 Å². The highest BCUT2D eigenvalue weighted by Crippen LogP contribution is 2.23. The zero-order chi connectivity index (χ0) is 14.4. The minimum absolute atomic E-state index is 0.297. The van der Waals surface area contributed by atoms with Gasteiger partial charge >= 0.3 is 0 Å². The van der Waals surface area contributed by atoms with Crippen LogP contribution in [0.25, 0.3) is 0 Å². The number of rotatable bonds is 6. The summed E-state index contributed by atoms with van der Waals surface area (Å²) < 4.78 is 0. The third-order valence-corrected chi connectivity index (χ3v) is 3.90. The molecule has 0 aromatic carbocycles. The first-order valence-electron chi connectivity index (χ1n) is 7.73. The molecule has 1 aliphatic rings. The van der Waals surface area contributed by atoms with Crippen LogP contribution >= 0.6 is 0 Å². The van der Waals surface area contributed by atoms with Crippen molar-refractivity contribution in [3.8, 4) is 0 Å². The summed E-state index contributed by atoms with van der Waals surface area (Å²) in [5.41, 5.74) is 1.23. The van der Waals surface area contributed by atoms with Gasteiger partial charge in [-0.1, -0.05) is 19.9 Å². The number of nitrogens with zero attached hydrogens (tertiary/aromatic N) is 2. The SMILES string of the molecule is CC(C)NCc1ccc(N2CCCC(CCO)C2)nc1. The van der Waals surface area contributed by atoms with Crippen LogP contribution in [0.15, 0.2) is 18.3 Å². The summed E-state index contributed by atoms with van der Waals surface area (Å²) >= 11 is 0. The Morgan fingerprint density at radius 1 is 1.45 bits per heavy atom. The van der Waals surface area contributed by atoms with Gasteiger partial charge in [0.15, 0.2) is 0 Å². The van der Waals surface area contributed by atoms with E-state index in [0.717, 1.165) is 31.9 Å². The first-order chi connectivity index (χ1) is 9.69. The lowest BCUT2D eigenvalue weighted by molar-refractivity contribution is 0.244. The normalized spacial score (nSPS) is 19.6. The minimum atomic E-state index is 0.297. The molecule has 2 heterocycles. The minimum Gasteiger partial charge on any atom is -0.396 e. The number of aromatic nitrogens is 1. The van der Waals surface area contributed by atoms with E-state index in [-0.39, 0.29) is 0 Å². The van der Waals surface area contributed by atoms with Crippen LogP contribution in [-0.2, 0) is 6.54 Å². The largest absolute Gasteiger partial charge is 0.396 e. The fraction of sp³-hybridized carbons (Fsp3) is 0.688. The fourth-order valence-corrected chi connectivity index (χ4v) is 2.72. The Labute approximate surface area is 122 Å². The van der Waals surface area contributed by atoms with E-state index < -0.39 is 0 Å². The van der Waals surface area contributed by atoms with Crippen LogP contribution in [0.5, 0.6) is 0 Å². The number of piperidine rings is 1. The zero-order valence-corrected chi connectivity index (χ0v) is 12.7. The number of aliphatic hydroxyl groups excluding tert-OH is 1. The number of pyridine rings is 1. The quantitative estimate of drug-likeness (QED) is 0.837. The third kappa shape index (κ3) is 4.46. The molecule has 2 N–H and O–H groups in total. The number of aliphatic hydroxyl groups is 1. The van der Waals surface area contributed by atoms with Crippen molar-refractivity contribution in [1.82, 2.24) is 10.3 Å². The fourth-order valence-electron chi connectivity index (χ4n) is 2.72. The summed E-state index contributed by atoms with van der Waals surface area (Å²) in [7, 11) is 0. The van der Waals surface area contributed by atoms with Gasteiger partial charge in [-0.05, 0) is 36.8 Å². The Balaban J connectivity index is 1.91. The van der Waals surface area contributed by atoms with E-state index in [0.29, 0.717) is 18.6 Å². The average molecular weight is 277 g/mol. The van der Waals surface area contributed by atoms with Crippen LogP contribution in [0.1, 0.15) is 38.7 Å². The van der Waals surface area contributed by atoms with E-state index in [1.54, 1.807) is 0 Å². The molecule has 1 aromatic rings. The average Bonchev–Trinajstić information content (AvgIpc) is 2.46. The molecule has 20 heavy (non-hydrogen) atoms. The van der Waals surface area contributed by atoms with Crippen molar-refractivity contribution in [2.45, 2.75) is 45.7 Å². The summed E-state index contributed by atoms with van der Waals surface area (Å²) in [6, 6.07) is 4.78. The lowest BCUT2D eigenvalue weighted by atomic mass is 9.95. The molecule has 1 aromatic heterocycles. The molecule has 1 unspecified atom stereocenters. The molecule has 0 spiro atoms. The van der Waals surface area contributed by atoms with Crippen molar-refractivity contribution in [1.29, 1.82) is 0 Å². The van der Waals surface area contributed by atoms with Crippen LogP contribution < -0.4 is 10.2 Å². The van der Waals surface area contributed by atoms with Crippen LogP contribution in [0, 0.1) is 5.92 Å². The smallest absolute Gasteiger partial charge is 0.128 e. The monoisotopic (exact) mass is 277 g/mol. The number of anilines is 1. The van der Waals surface area contributed by atoms with Crippen molar-refractivity contribution < 1.29 is 5.11 Å². The second kappa shape index (κ2) is 7.60. The highest BCUT2D eigenvalue weighted by Gasteiger charge is 2.20. The Kier molecular flexibility index (Phi) is 5.80. The molecule has 0 radical (unpaired) electrons. The Bertz CT molecular complexity index is 389. The lowest BCUT2D eigenvalue weighted by Crippen LogP contribution is -2.36. The van der Waals surface area contributed by atoms with E-state index in [1.165, 1.54) is 18.4 Å². The van der Waals surface area contributed by atoms with E-state index in [4.69, 9.17) is 5.11 Å². The van der Waals surface area contributed by atoms with Crippen LogP contribution in [0.4, 0.5) is 5.82 Å². The molecule has 4 heteroatoms. The molecule has 1 aliphatic heterocycles. The van der Waals surface area contributed by atoms with Crippen molar-refractivity contribution >= 4 is 5.82 Å². The van der Waals surface area contributed by atoms with E-state index in [2.05, 4.69) is 41.2 Å². The molecule has 0 bridgehead atoms. The highest BCUT2D eigenvalue weighted by molar-refractivity contribution is 5.39. The maximum Gasteiger partial charge on any atom is 0.128 e. The van der Waals surface area contributed by atoms with Gasteiger partial charge in [-0.15, -0.1) is 0 Å². The molecule has 112 valence electrons. The number of hydrogen-bond acceptors (Lipinski definition) is 4. The van der Waals surface area contributed by atoms with Gasteiger partial charge in [-0.25, -0.2) is 4.98 Å². The van der Waals surface area contributed by atoms with Crippen molar-refractivity contribution in [3.63, 3.8) is 0 Å². The highest BCUT2D eigenvalue weighted by atomic mass is 16.3. The molecule has 4 nitrogen and oxygen atoms in total. The van der Waals surface area contributed by atoms with Gasteiger partial charge in [-0.2, -0.15) is 0 Å². The van der Waals surface area contributed by atoms with Gasteiger partial charge in [0.25, 0.3) is 0 Å². The van der Waals surface area contributed by atoms with Gasteiger partial charge < -0.3 is 15.3 Å². The predicted molar refractivity (Wildman–Crippen MR) is 82.9 cm³/mol. The summed E-state index contributed by atoms with van der Waals surface area (Å²) in [4.78, 5) is 6.95. The first-order valence-corrected chi connectivity index (χ1v) is 7.73. The molecule has 1 atom stereocenters. The van der Waals surface area contributed by atoms with Gasteiger partial charge in [-0.3, -0.25) is 0 Å². The molecule has 1 saturated heterocycles. The topological polar surface area (TPSA) is 48.4 Å². The molecule has 0 amide bonds. The van der Waals surface area contributed by atoms with Crippen LogP contribution in [-0.4, -0.2) is 35.8 Å². The molecule has 2 rings (SSSR count). The van der Waals surface area contributed by atoms with Crippen molar-refractivity contribution in [3.05, 3.63) is 23.9 Å². The molecule has 1 fully saturated rings. The first kappa shape index (κ1) is 15.3. The summed E-state index contributed by atoms with van der Waals surface area (Å²) in [6.45, 7) is 7.58. The van der Waals surface area contributed by atoms with Gasteiger partial charge in [0.1, 0.15) is 5.82 Å². The molecular weight excluding hydrogens is 250 g/mol. The Morgan fingerprint density at radius 3 is 2.95 bits per heavy atom. The Morgan fingerprint density at radius 2 is 2.30 bits per heavy atom. The van der Waals surface area contributed by atoms with E-state index in [9.17, 15) is 0 Å². The Hall–Kier alpha value is -1.13. The maximum atomic E-state index is 9.07. The summed E-state index contributed by atoms with van der Waals surface area (Å²) in [5.74, 6) is 1.68. The van der Waals surface area contributed by atoms with E-state index >= 15 is 0 Å².